The minimum atomic E-state index is -0.172. The van der Waals surface area contributed by atoms with Crippen molar-refractivity contribution in [1.29, 1.82) is 0 Å². The Labute approximate surface area is 221 Å². The molecule has 0 aliphatic heterocycles. The van der Waals surface area contributed by atoms with Gasteiger partial charge in [-0.15, -0.1) is 12.4 Å². The number of carbonyl (C=O) groups excluding carboxylic acids is 1. The van der Waals surface area contributed by atoms with Gasteiger partial charge >= 0.3 is 0 Å². The molecule has 1 amide bonds. The lowest BCUT2D eigenvalue weighted by Crippen LogP contribution is -2.41. The summed E-state index contributed by atoms with van der Waals surface area (Å²) in [5.41, 5.74) is 0.653. The average Bonchev–Trinajstić information content (AvgIpc) is 2.89. The third kappa shape index (κ3) is 8.99. The van der Waals surface area contributed by atoms with Crippen LogP contribution in [0.1, 0.15) is 33.6 Å². The lowest BCUT2D eigenvalue weighted by molar-refractivity contribution is -0.120. The Morgan fingerprint density at radius 1 is 0.806 bits per heavy atom. The summed E-state index contributed by atoms with van der Waals surface area (Å²) in [6.45, 7) is 9.93. The summed E-state index contributed by atoms with van der Waals surface area (Å²) in [5.74, 6) is 2.68. The fourth-order valence-electron chi connectivity index (χ4n) is 3.59. The number of hydrogen-bond acceptors (Lipinski definition) is 7. The van der Waals surface area contributed by atoms with E-state index in [1.54, 1.807) is 38.4 Å². The van der Waals surface area contributed by atoms with Gasteiger partial charge in [-0.1, -0.05) is 27.2 Å². The molecule has 0 saturated heterocycles. The number of anilines is 1. The highest BCUT2D eigenvalue weighted by Crippen LogP contribution is 2.41. The fraction of sp³-hybridized carbons (Fsp3) is 0.519. The van der Waals surface area contributed by atoms with Gasteiger partial charge in [0, 0.05) is 25.2 Å². The predicted octanol–water partition coefficient (Wildman–Crippen LogP) is 5.07. The molecule has 0 aliphatic rings. The number of hydrogen-bond donors (Lipinski definition) is 0. The van der Waals surface area contributed by atoms with E-state index in [1.165, 1.54) is 0 Å². The van der Waals surface area contributed by atoms with Gasteiger partial charge in [0.15, 0.2) is 18.1 Å². The van der Waals surface area contributed by atoms with E-state index < -0.39 is 0 Å². The van der Waals surface area contributed by atoms with E-state index in [1.807, 2.05) is 24.3 Å². The second-order valence-corrected chi connectivity index (χ2v) is 7.92. The molecule has 0 N–H and O–H groups in total. The van der Waals surface area contributed by atoms with Crippen molar-refractivity contribution >= 4 is 24.0 Å². The molecule has 2 rings (SSSR count). The quantitative estimate of drug-likeness (QED) is 0.284. The Morgan fingerprint density at radius 2 is 1.36 bits per heavy atom. The molecule has 2 aromatic rings. The van der Waals surface area contributed by atoms with Gasteiger partial charge in [-0.25, -0.2) is 0 Å². The Morgan fingerprint density at radius 3 is 1.83 bits per heavy atom. The summed E-state index contributed by atoms with van der Waals surface area (Å²) in [5, 5.41) is 0. The van der Waals surface area contributed by atoms with Crippen molar-refractivity contribution in [1.82, 2.24) is 4.90 Å². The molecule has 36 heavy (non-hydrogen) atoms. The van der Waals surface area contributed by atoms with Gasteiger partial charge in [0.05, 0.1) is 33.6 Å². The standard InChI is InChI=1S/C27H40N2O6.ClH/c1-7-10-17-34-22-11-13-23(14-12-22)35-20-26(30)29(16-15-28(8-2)9-3)21-18-24(31-4)27(33-6)25(19-21)32-5;/h11-14,18-19H,7-10,15-17,20H2,1-6H3;1H. The van der Waals surface area contributed by atoms with Crippen LogP contribution in [0.25, 0.3) is 0 Å². The van der Waals surface area contributed by atoms with Crippen molar-refractivity contribution in [2.24, 2.45) is 0 Å². The minimum Gasteiger partial charge on any atom is -0.494 e. The smallest absolute Gasteiger partial charge is 0.264 e. The maximum absolute atomic E-state index is 13.3. The first-order valence-electron chi connectivity index (χ1n) is 12.2. The zero-order chi connectivity index (χ0) is 25.6. The lowest BCUT2D eigenvalue weighted by atomic mass is 10.2. The molecule has 8 nitrogen and oxygen atoms in total. The van der Waals surface area contributed by atoms with Crippen LogP contribution in [0.15, 0.2) is 36.4 Å². The second-order valence-electron chi connectivity index (χ2n) is 7.92. The first-order valence-corrected chi connectivity index (χ1v) is 12.2. The number of nitrogens with zero attached hydrogens (tertiary/aromatic N) is 2. The molecule has 0 saturated carbocycles. The van der Waals surface area contributed by atoms with Crippen molar-refractivity contribution in [3.63, 3.8) is 0 Å². The second kappa shape index (κ2) is 16.8. The van der Waals surface area contributed by atoms with E-state index in [-0.39, 0.29) is 24.9 Å². The number of rotatable bonds is 16. The molecule has 0 atom stereocenters. The largest absolute Gasteiger partial charge is 0.494 e. The van der Waals surface area contributed by atoms with Crippen molar-refractivity contribution in [2.75, 3.05) is 65.6 Å². The van der Waals surface area contributed by atoms with Crippen molar-refractivity contribution in [3.05, 3.63) is 36.4 Å². The van der Waals surface area contributed by atoms with Gasteiger partial charge in [-0.05, 0) is 43.8 Å². The highest BCUT2D eigenvalue weighted by Gasteiger charge is 2.22. The van der Waals surface area contributed by atoms with E-state index >= 15 is 0 Å². The third-order valence-electron chi connectivity index (χ3n) is 5.75. The molecule has 0 spiro atoms. The maximum Gasteiger partial charge on any atom is 0.264 e. The molecule has 0 radical (unpaired) electrons. The van der Waals surface area contributed by atoms with Crippen LogP contribution in [0.5, 0.6) is 28.7 Å². The van der Waals surface area contributed by atoms with Crippen LogP contribution in [0.2, 0.25) is 0 Å². The van der Waals surface area contributed by atoms with Gasteiger partial charge in [0.2, 0.25) is 5.75 Å². The fourth-order valence-corrected chi connectivity index (χ4v) is 3.59. The van der Waals surface area contributed by atoms with Crippen LogP contribution >= 0.6 is 12.4 Å². The average molecular weight is 525 g/mol. The molecule has 0 aliphatic carbocycles. The number of carbonyl (C=O) groups is 1. The third-order valence-corrected chi connectivity index (χ3v) is 5.75. The molecule has 0 unspecified atom stereocenters. The SMILES string of the molecule is CCCCOc1ccc(OCC(=O)N(CCN(CC)CC)c2cc(OC)c(OC)c(OC)c2)cc1.Cl. The van der Waals surface area contributed by atoms with Gasteiger partial charge in [0.1, 0.15) is 11.5 Å². The monoisotopic (exact) mass is 524 g/mol. The molecule has 202 valence electrons. The Kier molecular flexibility index (Phi) is 14.5. The Hall–Kier alpha value is -2.84. The van der Waals surface area contributed by atoms with Gasteiger partial charge in [-0.2, -0.15) is 0 Å². The van der Waals surface area contributed by atoms with E-state index in [0.717, 1.165) is 38.2 Å². The van der Waals surface area contributed by atoms with Crippen LogP contribution in [0.4, 0.5) is 5.69 Å². The number of ether oxygens (including phenoxy) is 5. The van der Waals surface area contributed by atoms with Crippen LogP contribution in [0.3, 0.4) is 0 Å². The molecular formula is C27H41ClN2O6. The van der Waals surface area contributed by atoms with Crippen LogP contribution in [-0.4, -0.2) is 71.5 Å². The molecule has 2 aromatic carbocycles. The number of unbranched alkanes of at least 4 members (excludes halogenated alkanes) is 1. The summed E-state index contributed by atoms with van der Waals surface area (Å²) in [7, 11) is 4.67. The summed E-state index contributed by atoms with van der Waals surface area (Å²) in [4.78, 5) is 17.3. The van der Waals surface area contributed by atoms with Gasteiger partial charge in [0.25, 0.3) is 5.91 Å². The van der Waals surface area contributed by atoms with E-state index in [9.17, 15) is 4.79 Å². The highest BCUT2D eigenvalue weighted by molar-refractivity contribution is 5.95. The van der Waals surface area contributed by atoms with Crippen LogP contribution in [0, 0.1) is 0 Å². The first-order chi connectivity index (χ1) is 17.0. The molecule has 0 fully saturated rings. The Balaban J connectivity index is 0.00000648. The zero-order valence-corrected chi connectivity index (χ0v) is 23.2. The highest BCUT2D eigenvalue weighted by atomic mass is 35.5. The molecule has 0 bridgehead atoms. The molecule has 9 heteroatoms. The zero-order valence-electron chi connectivity index (χ0n) is 22.4. The number of halogens is 1. The van der Waals surface area contributed by atoms with E-state index in [2.05, 4.69) is 25.7 Å². The minimum absolute atomic E-state index is 0. The lowest BCUT2D eigenvalue weighted by Gasteiger charge is -2.27. The van der Waals surface area contributed by atoms with Crippen LogP contribution in [-0.2, 0) is 4.79 Å². The van der Waals surface area contributed by atoms with Gasteiger partial charge < -0.3 is 33.5 Å². The number of methoxy groups -OCH3 is 3. The summed E-state index contributed by atoms with van der Waals surface area (Å²) >= 11 is 0. The molecule has 0 heterocycles. The van der Waals surface area contributed by atoms with Crippen molar-refractivity contribution in [3.8, 4) is 28.7 Å². The summed E-state index contributed by atoms with van der Waals surface area (Å²) < 4.78 is 27.9. The normalized spacial score (nSPS) is 10.4. The van der Waals surface area contributed by atoms with E-state index in [0.29, 0.717) is 41.8 Å². The number of likely N-dealkylation sites (N-methyl/N-ethyl adjacent to an activating group) is 1. The van der Waals surface area contributed by atoms with Crippen molar-refractivity contribution in [2.45, 2.75) is 33.6 Å². The number of amides is 1. The van der Waals surface area contributed by atoms with E-state index in [4.69, 9.17) is 23.7 Å². The Bertz CT molecular complexity index is 881. The van der Waals surface area contributed by atoms with Gasteiger partial charge in [-0.3, -0.25) is 4.79 Å². The van der Waals surface area contributed by atoms with Crippen LogP contribution < -0.4 is 28.6 Å². The number of benzene rings is 2. The predicted molar refractivity (Wildman–Crippen MR) is 146 cm³/mol. The summed E-state index contributed by atoms with van der Waals surface area (Å²) in [6.07, 6.45) is 2.09. The summed E-state index contributed by atoms with van der Waals surface area (Å²) in [6, 6.07) is 10.9. The molecule has 0 aromatic heterocycles. The van der Waals surface area contributed by atoms with Crippen molar-refractivity contribution < 1.29 is 28.5 Å². The topological polar surface area (TPSA) is 69.7 Å². The maximum atomic E-state index is 13.3. The first kappa shape index (κ1) is 31.2. The molecular weight excluding hydrogens is 484 g/mol.